The van der Waals surface area contributed by atoms with Crippen molar-refractivity contribution in [2.24, 2.45) is 0 Å². The first-order valence-electron chi connectivity index (χ1n) is 4.91. The van der Waals surface area contributed by atoms with Crippen molar-refractivity contribution in [3.05, 3.63) is 40.7 Å². The maximum atomic E-state index is 6.05. The Morgan fingerprint density at radius 3 is 2.69 bits per heavy atom. The van der Waals surface area contributed by atoms with E-state index >= 15 is 0 Å². The number of halogens is 2. The van der Waals surface area contributed by atoms with E-state index in [0.29, 0.717) is 5.02 Å². The molecule has 0 aliphatic carbocycles. The smallest absolute Gasteiger partial charge is 0.101 e. The molecule has 0 N–H and O–H groups in total. The molecule has 1 atom stereocenters. The van der Waals surface area contributed by atoms with Gasteiger partial charge in [0.2, 0.25) is 0 Å². The molecule has 3 nitrogen and oxygen atoms in total. The Morgan fingerprint density at radius 2 is 2.12 bits per heavy atom. The topological polar surface area (TPSA) is 30.7 Å². The van der Waals surface area contributed by atoms with E-state index in [-0.39, 0.29) is 5.38 Å². The van der Waals surface area contributed by atoms with Gasteiger partial charge >= 0.3 is 0 Å². The summed E-state index contributed by atoms with van der Waals surface area (Å²) in [6.45, 7) is 3.82. The summed E-state index contributed by atoms with van der Waals surface area (Å²) >= 11 is 12.0. The Morgan fingerprint density at radius 1 is 1.38 bits per heavy atom. The van der Waals surface area contributed by atoms with Crippen LogP contribution >= 0.6 is 23.2 Å². The molecule has 0 spiro atoms. The molecule has 0 amide bonds. The highest BCUT2D eigenvalue weighted by atomic mass is 35.5. The van der Waals surface area contributed by atoms with Crippen LogP contribution < -0.4 is 0 Å². The van der Waals surface area contributed by atoms with Crippen LogP contribution in [-0.2, 0) is 0 Å². The van der Waals surface area contributed by atoms with Crippen molar-refractivity contribution in [3.63, 3.8) is 0 Å². The summed E-state index contributed by atoms with van der Waals surface area (Å²) in [5.74, 6) is 0. The molecule has 0 saturated heterocycles. The van der Waals surface area contributed by atoms with Gasteiger partial charge in [0, 0.05) is 5.02 Å². The number of alkyl halides is 1. The van der Waals surface area contributed by atoms with Gasteiger partial charge in [0.15, 0.2) is 0 Å². The first-order chi connectivity index (χ1) is 7.58. The summed E-state index contributed by atoms with van der Waals surface area (Å²) < 4.78 is 1.67. The SMILES string of the molecule is Cc1ccc(-n2cc(C(C)Cl)nn2)cc1Cl. The van der Waals surface area contributed by atoms with Crippen molar-refractivity contribution < 1.29 is 0 Å². The number of hydrogen-bond acceptors (Lipinski definition) is 2. The molecule has 16 heavy (non-hydrogen) atoms. The minimum atomic E-state index is -0.144. The largest absolute Gasteiger partial charge is 0.220 e. The number of benzene rings is 1. The van der Waals surface area contributed by atoms with Crippen LogP contribution in [0, 0.1) is 6.92 Å². The van der Waals surface area contributed by atoms with Gasteiger partial charge in [-0.15, -0.1) is 16.7 Å². The van der Waals surface area contributed by atoms with E-state index < -0.39 is 0 Å². The zero-order valence-corrected chi connectivity index (χ0v) is 10.5. The van der Waals surface area contributed by atoms with Crippen LogP contribution in [0.4, 0.5) is 0 Å². The number of hydrogen-bond donors (Lipinski definition) is 0. The van der Waals surface area contributed by atoms with E-state index in [1.165, 1.54) is 0 Å². The van der Waals surface area contributed by atoms with E-state index in [2.05, 4.69) is 10.3 Å². The standard InChI is InChI=1S/C11H11Cl2N3/c1-7-3-4-9(5-10(7)13)16-6-11(8(2)12)14-15-16/h3-6,8H,1-2H3. The Bertz CT molecular complexity index is 506. The molecular formula is C11H11Cl2N3. The van der Waals surface area contributed by atoms with E-state index in [4.69, 9.17) is 23.2 Å². The van der Waals surface area contributed by atoms with Gasteiger partial charge < -0.3 is 0 Å². The number of aromatic nitrogens is 3. The summed E-state index contributed by atoms with van der Waals surface area (Å²) in [7, 11) is 0. The molecule has 1 heterocycles. The van der Waals surface area contributed by atoms with Gasteiger partial charge in [-0.1, -0.05) is 22.9 Å². The first kappa shape index (κ1) is 11.4. The Hall–Kier alpha value is -1.06. The molecule has 0 fully saturated rings. The highest BCUT2D eigenvalue weighted by molar-refractivity contribution is 6.31. The predicted octanol–water partition coefficient (Wildman–Crippen LogP) is 3.53. The molecule has 2 aromatic rings. The van der Waals surface area contributed by atoms with Gasteiger partial charge in [-0.05, 0) is 31.5 Å². The summed E-state index contributed by atoms with van der Waals surface area (Å²) in [6, 6.07) is 5.75. The second-order valence-electron chi connectivity index (χ2n) is 3.64. The van der Waals surface area contributed by atoms with E-state index in [1.807, 2.05) is 32.0 Å². The van der Waals surface area contributed by atoms with Crippen LogP contribution in [-0.4, -0.2) is 15.0 Å². The van der Waals surface area contributed by atoms with Crippen LogP contribution in [0.5, 0.6) is 0 Å². The van der Waals surface area contributed by atoms with Gasteiger partial charge in [-0.2, -0.15) is 0 Å². The normalized spacial score (nSPS) is 12.8. The van der Waals surface area contributed by atoms with Crippen molar-refractivity contribution in [2.45, 2.75) is 19.2 Å². The average molecular weight is 256 g/mol. The summed E-state index contributed by atoms with van der Waals surface area (Å²) in [5.41, 5.74) is 2.67. The molecule has 0 saturated carbocycles. The molecule has 1 aromatic carbocycles. The van der Waals surface area contributed by atoms with Crippen molar-refractivity contribution >= 4 is 23.2 Å². The minimum absolute atomic E-state index is 0.144. The lowest BCUT2D eigenvalue weighted by atomic mass is 10.2. The van der Waals surface area contributed by atoms with Crippen LogP contribution in [0.15, 0.2) is 24.4 Å². The van der Waals surface area contributed by atoms with Gasteiger partial charge in [-0.3, -0.25) is 0 Å². The quantitative estimate of drug-likeness (QED) is 0.769. The van der Waals surface area contributed by atoms with Crippen molar-refractivity contribution in [2.75, 3.05) is 0 Å². The molecule has 84 valence electrons. The highest BCUT2D eigenvalue weighted by Crippen LogP contribution is 2.21. The van der Waals surface area contributed by atoms with Crippen molar-refractivity contribution in [1.82, 2.24) is 15.0 Å². The third-order valence-corrected chi connectivity index (χ3v) is 2.97. The van der Waals surface area contributed by atoms with Gasteiger partial charge in [-0.25, -0.2) is 4.68 Å². The second kappa shape index (κ2) is 4.44. The molecular weight excluding hydrogens is 245 g/mol. The van der Waals surface area contributed by atoms with Crippen LogP contribution in [0.25, 0.3) is 5.69 Å². The fraction of sp³-hybridized carbons (Fsp3) is 0.273. The predicted molar refractivity (Wildman–Crippen MR) is 65.4 cm³/mol. The fourth-order valence-corrected chi connectivity index (χ4v) is 1.58. The fourth-order valence-electron chi connectivity index (χ4n) is 1.31. The van der Waals surface area contributed by atoms with Gasteiger partial charge in [0.1, 0.15) is 5.69 Å². The number of nitrogens with zero attached hydrogens (tertiary/aromatic N) is 3. The maximum absolute atomic E-state index is 6.05. The van der Waals surface area contributed by atoms with E-state index in [9.17, 15) is 0 Å². The lowest BCUT2D eigenvalue weighted by molar-refractivity contribution is 0.796. The Labute approximate surface area is 104 Å². The molecule has 0 aliphatic rings. The zero-order chi connectivity index (χ0) is 11.7. The van der Waals surface area contributed by atoms with Crippen LogP contribution in [0.3, 0.4) is 0 Å². The summed E-state index contributed by atoms with van der Waals surface area (Å²) in [4.78, 5) is 0. The molecule has 0 radical (unpaired) electrons. The van der Waals surface area contributed by atoms with Crippen molar-refractivity contribution in [3.8, 4) is 5.69 Å². The summed E-state index contributed by atoms with van der Waals surface area (Å²) in [6.07, 6.45) is 1.80. The van der Waals surface area contributed by atoms with Crippen LogP contribution in [0.2, 0.25) is 5.02 Å². The number of aryl methyl sites for hydroxylation is 1. The third kappa shape index (κ3) is 2.20. The van der Waals surface area contributed by atoms with Crippen LogP contribution in [0.1, 0.15) is 23.6 Å². The maximum Gasteiger partial charge on any atom is 0.101 e. The molecule has 2 rings (SSSR count). The monoisotopic (exact) mass is 255 g/mol. The second-order valence-corrected chi connectivity index (χ2v) is 4.70. The zero-order valence-electron chi connectivity index (χ0n) is 8.98. The molecule has 0 aliphatic heterocycles. The molecule has 5 heteroatoms. The average Bonchev–Trinajstić information content (AvgIpc) is 2.71. The summed E-state index contributed by atoms with van der Waals surface area (Å²) in [5, 5.41) is 8.56. The van der Waals surface area contributed by atoms with Crippen molar-refractivity contribution in [1.29, 1.82) is 0 Å². The van der Waals surface area contributed by atoms with E-state index in [1.54, 1.807) is 10.9 Å². The highest BCUT2D eigenvalue weighted by Gasteiger charge is 2.08. The number of rotatable bonds is 2. The van der Waals surface area contributed by atoms with Gasteiger partial charge in [0.25, 0.3) is 0 Å². The minimum Gasteiger partial charge on any atom is -0.220 e. The lowest BCUT2D eigenvalue weighted by Gasteiger charge is -2.02. The molecule has 1 aromatic heterocycles. The third-order valence-electron chi connectivity index (χ3n) is 2.34. The van der Waals surface area contributed by atoms with Gasteiger partial charge in [0.05, 0.1) is 17.3 Å². The molecule has 1 unspecified atom stereocenters. The first-order valence-corrected chi connectivity index (χ1v) is 5.72. The Kier molecular flexibility index (Phi) is 3.17. The van der Waals surface area contributed by atoms with E-state index in [0.717, 1.165) is 16.9 Å². The molecule has 0 bridgehead atoms. The Balaban J connectivity index is 2.39. The lowest BCUT2D eigenvalue weighted by Crippen LogP contribution is -1.95.